The fraction of sp³-hybridized carbons (Fsp3) is 0.949. The van der Waals surface area contributed by atoms with E-state index >= 15 is 0 Å². The van der Waals surface area contributed by atoms with Gasteiger partial charge in [0.25, 0.3) is 0 Å². The van der Waals surface area contributed by atoms with Crippen molar-refractivity contribution in [2.45, 2.75) is 160 Å². The summed E-state index contributed by atoms with van der Waals surface area (Å²) in [6, 6.07) is 0. The van der Waals surface area contributed by atoms with Crippen molar-refractivity contribution in [3.8, 4) is 0 Å². The molecular formula is C39H66O28. The van der Waals surface area contributed by atoms with Crippen LogP contribution >= 0.6 is 0 Å². The van der Waals surface area contributed by atoms with Crippen molar-refractivity contribution in [3.63, 3.8) is 0 Å². The average molecular weight is 983 g/mol. The average Bonchev–Trinajstić information content (AvgIpc) is 3.31. The third-order valence-corrected chi connectivity index (χ3v) is 12.6. The molecule has 0 spiro atoms. The second-order valence-corrected chi connectivity index (χ2v) is 16.3. The zero-order valence-corrected chi connectivity index (χ0v) is 38.3. The van der Waals surface area contributed by atoms with E-state index in [1.54, 1.807) is 0 Å². The van der Waals surface area contributed by atoms with Crippen LogP contribution in [-0.4, -0.2) is 288 Å². The molecule has 25 atom stereocenters. The predicted octanol–water partition coefficient (Wildman–Crippen LogP) is -6.12. The van der Waals surface area contributed by atoms with Crippen LogP contribution in [0.2, 0.25) is 0 Å². The van der Waals surface area contributed by atoms with Gasteiger partial charge in [-0.25, -0.2) is 9.59 Å². The Morgan fingerprint density at radius 1 is 0.433 bits per heavy atom. The van der Waals surface area contributed by atoms with Crippen LogP contribution in [0.5, 0.6) is 0 Å². The monoisotopic (exact) mass is 982 g/mol. The minimum atomic E-state index is -2.10. The van der Waals surface area contributed by atoms with Crippen molar-refractivity contribution in [1.29, 1.82) is 0 Å². The number of carbonyl (C=O) groups is 2. The Balaban J connectivity index is 1.36. The van der Waals surface area contributed by atoms with Gasteiger partial charge in [-0.2, -0.15) is 0 Å². The maximum atomic E-state index is 12.9. The SMILES string of the molecule is CO[C@H]1OC(CO)[C@@H](O[C@@H]2O[C@@H](C(=O)O)[C@@H](O[C@H]3OC(CO)[C@@H](O[C@@H]4O[C@H](C(=O)O)[C@@H](O[C@]5(C)O[C@H](CO)[C@@H](OC)[C@H](OC)[C@H]5OC)[C@H](OC)[C@H]4OC)[C@H](O)[C@H]3O)[C@H](OC)[C@H]2OC)[C@H](O)[C@H]1O. The van der Waals surface area contributed by atoms with Gasteiger partial charge in [-0.1, -0.05) is 0 Å². The molecule has 0 aromatic rings. The Labute approximate surface area is 384 Å². The van der Waals surface area contributed by atoms with Crippen molar-refractivity contribution in [1.82, 2.24) is 0 Å². The van der Waals surface area contributed by atoms with E-state index in [4.69, 9.17) is 80.5 Å². The standard InChI is InChI=1S/C39H66O28/c1-39(32(57-8)27(54-5)22(51-2)15(12-42)66-39)67-26-24(53-4)31(56-7)38(65-29(26)34(49)50)62-21-14(11-41)60-36(19(46)17(21)44)63-25-23(52-3)30(55-6)37(64-28(25)33(47)48)61-20-13(10-40)59-35(58-9)18(45)16(20)43/h13-32,35-38,40-46H,10-12H2,1-9H3,(H,47,48)(H,49,50)/t13?,14?,15-,16-,17-,18-,19-,20-,21-,22-,23+,24+,25+,26+,27+,28-,29+,30-,31-,32-,35+,36-,37-,38-,39+/m1/s1. The van der Waals surface area contributed by atoms with Crippen LogP contribution in [0.25, 0.3) is 0 Å². The number of carboxylic acids is 2. The third kappa shape index (κ3) is 11.2. The molecule has 9 N–H and O–H groups in total. The molecule has 0 aromatic carbocycles. The molecule has 0 amide bonds. The summed E-state index contributed by atoms with van der Waals surface area (Å²) in [6.07, 6.45) is -37.2. The number of rotatable bonds is 21. The van der Waals surface area contributed by atoms with Crippen molar-refractivity contribution in [3.05, 3.63) is 0 Å². The summed E-state index contributed by atoms with van der Waals surface area (Å²) >= 11 is 0. The fourth-order valence-electron chi connectivity index (χ4n) is 9.28. The number of hydrogen-bond donors (Lipinski definition) is 9. The summed E-state index contributed by atoms with van der Waals surface area (Å²) in [5, 5.41) is 96.0. The zero-order valence-electron chi connectivity index (χ0n) is 38.3. The number of aliphatic carboxylic acids is 2. The molecule has 2 unspecified atom stereocenters. The van der Waals surface area contributed by atoms with Crippen LogP contribution in [0.1, 0.15) is 6.92 Å². The molecule has 28 nitrogen and oxygen atoms in total. The molecule has 0 saturated carbocycles. The van der Waals surface area contributed by atoms with Gasteiger partial charge in [0.2, 0.25) is 0 Å². The van der Waals surface area contributed by atoms with Gasteiger partial charge in [0, 0.05) is 56.9 Å². The number of aliphatic hydroxyl groups is 7. The highest BCUT2D eigenvalue weighted by Crippen LogP contribution is 2.41. The largest absolute Gasteiger partial charge is 0.479 e. The second kappa shape index (κ2) is 24.4. The molecule has 67 heavy (non-hydrogen) atoms. The van der Waals surface area contributed by atoms with E-state index in [1.165, 1.54) is 56.7 Å². The Kier molecular flexibility index (Phi) is 20.4. The van der Waals surface area contributed by atoms with E-state index in [0.717, 1.165) is 7.11 Å². The Morgan fingerprint density at radius 3 is 1.24 bits per heavy atom. The first-order valence-electron chi connectivity index (χ1n) is 21.1. The normalized spacial score (nSPS) is 47.4. The molecule has 0 aliphatic carbocycles. The topological polar surface area (TPSA) is 373 Å². The summed E-state index contributed by atoms with van der Waals surface area (Å²) < 4.78 is 98.0. The van der Waals surface area contributed by atoms with E-state index in [9.17, 15) is 55.5 Å². The van der Waals surface area contributed by atoms with Crippen LogP contribution in [0.4, 0.5) is 0 Å². The van der Waals surface area contributed by atoms with Gasteiger partial charge < -0.3 is 126 Å². The highest BCUT2D eigenvalue weighted by atomic mass is 16.8. The molecule has 0 aromatic heterocycles. The lowest BCUT2D eigenvalue weighted by atomic mass is 9.91. The minimum Gasteiger partial charge on any atom is -0.479 e. The lowest BCUT2D eigenvalue weighted by Gasteiger charge is -2.53. The highest BCUT2D eigenvalue weighted by Gasteiger charge is 2.61. The first-order valence-corrected chi connectivity index (χ1v) is 21.1. The number of carboxylic acid groups (broad SMARTS) is 2. The molecule has 5 heterocycles. The Hall–Kier alpha value is -2.02. The van der Waals surface area contributed by atoms with Gasteiger partial charge in [0.15, 0.2) is 43.2 Å². The first kappa shape index (κ1) is 55.9. The van der Waals surface area contributed by atoms with E-state index in [-0.39, 0.29) is 0 Å². The second-order valence-electron chi connectivity index (χ2n) is 16.3. The molecular weight excluding hydrogens is 916 g/mol. The molecule has 390 valence electrons. The van der Waals surface area contributed by atoms with Gasteiger partial charge in [0.05, 0.1) is 19.8 Å². The number of methoxy groups -OCH3 is 8. The van der Waals surface area contributed by atoms with E-state index in [2.05, 4.69) is 0 Å². The van der Waals surface area contributed by atoms with Crippen LogP contribution in [0, 0.1) is 0 Å². The number of hydrogen-bond acceptors (Lipinski definition) is 26. The summed E-state index contributed by atoms with van der Waals surface area (Å²) in [5.74, 6) is -5.10. The molecule has 5 aliphatic rings. The van der Waals surface area contributed by atoms with E-state index in [1.807, 2.05) is 0 Å². The molecule has 5 rings (SSSR count). The lowest BCUT2D eigenvalue weighted by Crippen LogP contribution is -2.71. The predicted molar refractivity (Wildman–Crippen MR) is 211 cm³/mol. The quantitative estimate of drug-likeness (QED) is 0.0517. The summed E-state index contributed by atoms with van der Waals surface area (Å²) in [7, 11) is 10.1. The van der Waals surface area contributed by atoms with Gasteiger partial charge in [-0.3, -0.25) is 0 Å². The molecule has 5 aliphatic heterocycles. The maximum Gasteiger partial charge on any atom is 0.335 e. The van der Waals surface area contributed by atoms with Crippen LogP contribution < -0.4 is 0 Å². The zero-order chi connectivity index (χ0) is 49.7. The van der Waals surface area contributed by atoms with Crippen molar-refractivity contribution in [2.24, 2.45) is 0 Å². The van der Waals surface area contributed by atoms with E-state index < -0.39 is 185 Å². The van der Waals surface area contributed by atoms with E-state index in [0.29, 0.717) is 0 Å². The molecule has 0 bridgehead atoms. The first-order chi connectivity index (χ1) is 31.9. The minimum absolute atomic E-state index is 0.556. The fourth-order valence-corrected chi connectivity index (χ4v) is 9.28. The van der Waals surface area contributed by atoms with Crippen molar-refractivity contribution in [2.75, 3.05) is 76.7 Å². The Morgan fingerprint density at radius 2 is 0.836 bits per heavy atom. The smallest absolute Gasteiger partial charge is 0.335 e. The van der Waals surface area contributed by atoms with Gasteiger partial charge in [0.1, 0.15) is 110 Å². The van der Waals surface area contributed by atoms with Crippen molar-refractivity contribution < 1.29 is 136 Å². The van der Waals surface area contributed by atoms with Gasteiger partial charge >= 0.3 is 11.9 Å². The number of ether oxygens (including phenoxy) is 17. The summed E-state index contributed by atoms with van der Waals surface area (Å²) in [4.78, 5) is 25.7. The Bertz CT molecular complexity index is 1550. The summed E-state index contributed by atoms with van der Waals surface area (Å²) in [6.45, 7) is -0.799. The third-order valence-electron chi connectivity index (χ3n) is 12.6. The van der Waals surface area contributed by atoms with Crippen LogP contribution in [0.15, 0.2) is 0 Å². The molecule has 5 fully saturated rings. The maximum absolute atomic E-state index is 12.9. The lowest BCUT2D eigenvalue weighted by molar-refractivity contribution is -0.409. The van der Waals surface area contributed by atoms with Gasteiger partial charge in [-0.05, 0) is 6.92 Å². The van der Waals surface area contributed by atoms with Crippen LogP contribution in [-0.2, 0) is 90.1 Å². The molecule has 5 saturated heterocycles. The molecule has 0 radical (unpaired) electrons. The van der Waals surface area contributed by atoms with Gasteiger partial charge in [-0.15, -0.1) is 0 Å². The summed E-state index contributed by atoms with van der Waals surface area (Å²) in [5.41, 5.74) is 0. The van der Waals surface area contributed by atoms with Crippen LogP contribution in [0.3, 0.4) is 0 Å². The molecule has 28 heteroatoms. The number of aliphatic hydroxyl groups excluding tert-OH is 7. The van der Waals surface area contributed by atoms with Crippen molar-refractivity contribution >= 4 is 11.9 Å². The highest BCUT2D eigenvalue weighted by molar-refractivity contribution is 5.74.